The van der Waals surface area contributed by atoms with E-state index in [1.54, 1.807) is 24.1 Å². The summed E-state index contributed by atoms with van der Waals surface area (Å²) < 4.78 is 1.58. The number of aromatic amines is 2. The highest BCUT2D eigenvalue weighted by atomic mass is 35.5. The van der Waals surface area contributed by atoms with Gasteiger partial charge in [-0.1, -0.05) is 0 Å². The molecule has 0 aliphatic rings. The Morgan fingerprint density at radius 2 is 2.13 bits per heavy atom. The number of hydrogen-bond donors (Lipinski definition) is 2. The lowest BCUT2D eigenvalue weighted by Crippen LogP contribution is -2.22. The van der Waals surface area contributed by atoms with Gasteiger partial charge in [-0.05, 0) is 0 Å². The van der Waals surface area contributed by atoms with Crippen LogP contribution in [0.2, 0.25) is 0 Å². The Morgan fingerprint density at radius 3 is 2.67 bits per heavy atom. The minimum Gasteiger partial charge on any atom is -0.313 e. The van der Waals surface area contributed by atoms with Gasteiger partial charge in [-0.15, -0.1) is 12.4 Å². The number of H-pyrrole nitrogens is 2. The highest BCUT2D eigenvalue weighted by Crippen LogP contribution is 2.10. The first-order valence-corrected chi connectivity index (χ1v) is 3.98. The van der Waals surface area contributed by atoms with Crippen LogP contribution in [0.5, 0.6) is 0 Å². The summed E-state index contributed by atoms with van der Waals surface area (Å²) in [5, 5.41) is 3.93. The van der Waals surface area contributed by atoms with Crippen molar-refractivity contribution < 1.29 is 0 Å². The van der Waals surface area contributed by atoms with E-state index in [-0.39, 0.29) is 12.4 Å². The number of rotatable bonds is 1. The van der Waals surface area contributed by atoms with Gasteiger partial charge in [0.15, 0.2) is 0 Å². The van der Waals surface area contributed by atoms with Crippen molar-refractivity contribution in [1.29, 1.82) is 0 Å². The molecule has 2 N–H and O–H groups in total. The lowest BCUT2D eigenvalue weighted by atomic mass is 10.2. The quantitative estimate of drug-likeness (QED) is 0.714. The Labute approximate surface area is 90.4 Å². The molecule has 0 unspecified atom stereocenters. The Morgan fingerprint density at radius 1 is 1.40 bits per heavy atom. The molecular formula is C8H9ClN4O2. The summed E-state index contributed by atoms with van der Waals surface area (Å²) in [5.41, 5.74) is 0.145. The van der Waals surface area contributed by atoms with Gasteiger partial charge in [0, 0.05) is 25.0 Å². The van der Waals surface area contributed by atoms with E-state index in [9.17, 15) is 9.59 Å². The highest BCUT2D eigenvalue weighted by molar-refractivity contribution is 5.85. The largest absolute Gasteiger partial charge is 0.325 e. The molecule has 2 heterocycles. The third-order valence-electron chi connectivity index (χ3n) is 1.84. The number of nitrogens with zero attached hydrogens (tertiary/aromatic N) is 2. The summed E-state index contributed by atoms with van der Waals surface area (Å²) in [5.74, 6) is 0. The molecule has 0 aliphatic carbocycles. The van der Waals surface area contributed by atoms with Gasteiger partial charge in [0.25, 0.3) is 5.56 Å². The van der Waals surface area contributed by atoms with E-state index >= 15 is 0 Å². The fourth-order valence-corrected chi connectivity index (χ4v) is 1.18. The second-order valence-electron chi connectivity index (χ2n) is 2.89. The Kier molecular flexibility index (Phi) is 3.11. The van der Waals surface area contributed by atoms with Crippen LogP contribution >= 0.6 is 12.4 Å². The summed E-state index contributed by atoms with van der Waals surface area (Å²) in [6.07, 6.45) is 4.63. The number of halogens is 1. The SMILES string of the molecule is Cl.Cn1cc(-c2c[nH]c(=O)[nH]c2=O)cn1. The van der Waals surface area contributed by atoms with E-state index in [1.165, 1.54) is 6.20 Å². The zero-order valence-electron chi connectivity index (χ0n) is 7.85. The van der Waals surface area contributed by atoms with Crippen molar-refractivity contribution >= 4 is 12.4 Å². The van der Waals surface area contributed by atoms with Gasteiger partial charge in [0.1, 0.15) is 0 Å². The van der Waals surface area contributed by atoms with Crippen molar-refractivity contribution in [3.05, 3.63) is 39.4 Å². The minimum atomic E-state index is -0.511. The van der Waals surface area contributed by atoms with Crippen LogP contribution in [0.15, 0.2) is 28.2 Å². The van der Waals surface area contributed by atoms with Gasteiger partial charge >= 0.3 is 5.69 Å². The molecule has 0 spiro atoms. The second kappa shape index (κ2) is 4.14. The molecule has 2 aromatic heterocycles. The van der Waals surface area contributed by atoms with Crippen LogP contribution in [0.1, 0.15) is 0 Å². The van der Waals surface area contributed by atoms with Crippen LogP contribution in [-0.2, 0) is 7.05 Å². The fourth-order valence-electron chi connectivity index (χ4n) is 1.18. The average molecular weight is 229 g/mol. The molecular weight excluding hydrogens is 220 g/mol. The normalized spacial score (nSPS) is 9.67. The van der Waals surface area contributed by atoms with E-state index < -0.39 is 11.2 Å². The molecule has 2 aromatic rings. The third kappa shape index (κ3) is 2.16. The van der Waals surface area contributed by atoms with Crippen molar-refractivity contribution in [2.45, 2.75) is 0 Å². The molecule has 0 saturated heterocycles. The molecule has 0 atom stereocenters. The lowest BCUT2D eigenvalue weighted by Gasteiger charge is -1.92. The van der Waals surface area contributed by atoms with Crippen molar-refractivity contribution in [1.82, 2.24) is 19.7 Å². The van der Waals surface area contributed by atoms with Crippen molar-refractivity contribution in [2.75, 3.05) is 0 Å². The van der Waals surface area contributed by atoms with Gasteiger partial charge in [-0.2, -0.15) is 5.10 Å². The zero-order chi connectivity index (χ0) is 10.1. The third-order valence-corrected chi connectivity index (χ3v) is 1.84. The number of aromatic nitrogens is 4. The molecule has 0 aliphatic heterocycles. The van der Waals surface area contributed by atoms with E-state index in [1.807, 2.05) is 0 Å². The first-order valence-electron chi connectivity index (χ1n) is 3.98. The maximum absolute atomic E-state index is 11.3. The standard InChI is InChI=1S/C8H8N4O2.ClH/c1-12-4-5(2-10-12)6-3-9-8(14)11-7(6)13;/h2-4H,1H3,(H2,9,11,13,14);1H. The zero-order valence-corrected chi connectivity index (χ0v) is 8.67. The van der Waals surface area contributed by atoms with E-state index in [2.05, 4.69) is 15.1 Å². The van der Waals surface area contributed by atoms with E-state index in [0.29, 0.717) is 11.1 Å². The number of nitrogens with one attached hydrogen (secondary N) is 2. The van der Waals surface area contributed by atoms with Crippen LogP contribution in [0, 0.1) is 0 Å². The molecule has 0 amide bonds. The maximum Gasteiger partial charge on any atom is 0.325 e. The fraction of sp³-hybridized carbons (Fsp3) is 0.125. The first kappa shape index (κ1) is 11.3. The first-order chi connectivity index (χ1) is 6.66. The van der Waals surface area contributed by atoms with Crippen molar-refractivity contribution in [3.8, 4) is 11.1 Å². The Bertz CT molecular complexity index is 568. The van der Waals surface area contributed by atoms with Crippen molar-refractivity contribution in [2.24, 2.45) is 7.05 Å². The Hall–Kier alpha value is -1.82. The molecule has 7 heteroatoms. The van der Waals surface area contributed by atoms with Gasteiger partial charge in [-0.3, -0.25) is 14.5 Å². The van der Waals surface area contributed by atoms with Crippen LogP contribution in [0.3, 0.4) is 0 Å². The van der Waals surface area contributed by atoms with E-state index in [4.69, 9.17) is 0 Å². The summed E-state index contributed by atoms with van der Waals surface area (Å²) in [6.45, 7) is 0. The predicted octanol–water partition coefficient (Wildman–Crippen LogP) is -0.115. The highest BCUT2D eigenvalue weighted by Gasteiger charge is 2.04. The molecule has 6 nitrogen and oxygen atoms in total. The molecule has 80 valence electrons. The lowest BCUT2D eigenvalue weighted by molar-refractivity contribution is 0.768. The van der Waals surface area contributed by atoms with Crippen LogP contribution < -0.4 is 11.2 Å². The monoisotopic (exact) mass is 228 g/mol. The van der Waals surface area contributed by atoms with Crippen LogP contribution in [-0.4, -0.2) is 19.7 Å². The minimum absolute atomic E-state index is 0. The summed E-state index contributed by atoms with van der Waals surface area (Å²) >= 11 is 0. The molecule has 0 aromatic carbocycles. The summed E-state index contributed by atoms with van der Waals surface area (Å²) in [7, 11) is 1.75. The molecule has 15 heavy (non-hydrogen) atoms. The summed E-state index contributed by atoms with van der Waals surface area (Å²) in [4.78, 5) is 26.6. The topological polar surface area (TPSA) is 83.5 Å². The molecule has 0 fully saturated rings. The summed E-state index contributed by atoms with van der Waals surface area (Å²) in [6, 6.07) is 0. The van der Waals surface area contributed by atoms with Gasteiger partial charge < -0.3 is 4.98 Å². The van der Waals surface area contributed by atoms with Crippen molar-refractivity contribution in [3.63, 3.8) is 0 Å². The number of hydrogen-bond acceptors (Lipinski definition) is 3. The molecule has 0 bridgehead atoms. The van der Waals surface area contributed by atoms with Crippen LogP contribution in [0.25, 0.3) is 11.1 Å². The molecule has 0 radical (unpaired) electrons. The Balaban J connectivity index is 0.00000112. The smallest absolute Gasteiger partial charge is 0.313 e. The second-order valence-corrected chi connectivity index (χ2v) is 2.89. The average Bonchev–Trinajstić information content (AvgIpc) is 2.51. The predicted molar refractivity (Wildman–Crippen MR) is 57.1 cm³/mol. The van der Waals surface area contributed by atoms with Gasteiger partial charge in [-0.25, -0.2) is 4.79 Å². The number of aryl methyl sites for hydroxylation is 1. The van der Waals surface area contributed by atoms with E-state index in [0.717, 1.165) is 0 Å². The maximum atomic E-state index is 11.3. The van der Waals surface area contributed by atoms with Gasteiger partial charge in [0.2, 0.25) is 0 Å². The van der Waals surface area contributed by atoms with Gasteiger partial charge in [0.05, 0.1) is 11.8 Å². The van der Waals surface area contributed by atoms with Crippen LogP contribution in [0.4, 0.5) is 0 Å². The molecule has 2 rings (SSSR count). The molecule has 0 saturated carbocycles.